The zero-order valence-electron chi connectivity index (χ0n) is 8.83. The van der Waals surface area contributed by atoms with Crippen LogP contribution >= 0.6 is 0 Å². The molecule has 0 spiro atoms. The first kappa shape index (κ1) is 9.93. The first-order valence-electron chi connectivity index (χ1n) is 5.16. The van der Waals surface area contributed by atoms with Crippen molar-refractivity contribution in [1.29, 1.82) is 0 Å². The molecule has 3 heteroatoms. The monoisotopic (exact) mass is 201 g/mol. The lowest BCUT2D eigenvalue weighted by molar-refractivity contribution is 1.06. The molecule has 3 N–H and O–H groups in total. The zero-order chi connectivity index (χ0) is 10.7. The van der Waals surface area contributed by atoms with E-state index in [2.05, 4.69) is 23.0 Å². The topological polar surface area (TPSA) is 54.7 Å². The molecule has 78 valence electrons. The molecule has 15 heavy (non-hydrogen) atoms. The van der Waals surface area contributed by atoms with Crippen LogP contribution in [0, 0.1) is 0 Å². The second-order valence-electron chi connectivity index (χ2n) is 3.52. The lowest BCUT2D eigenvalue weighted by Gasteiger charge is -2.00. The van der Waals surface area contributed by atoms with Gasteiger partial charge in [0.1, 0.15) is 5.82 Å². The van der Waals surface area contributed by atoms with Crippen molar-refractivity contribution in [3.8, 4) is 11.4 Å². The van der Waals surface area contributed by atoms with E-state index in [0.717, 1.165) is 29.1 Å². The van der Waals surface area contributed by atoms with Gasteiger partial charge in [0.2, 0.25) is 0 Å². The molecular formula is C12H15N3. The van der Waals surface area contributed by atoms with Crippen LogP contribution in [0.1, 0.15) is 18.2 Å². The minimum atomic E-state index is 0.565. The lowest BCUT2D eigenvalue weighted by atomic mass is 10.1. The summed E-state index contributed by atoms with van der Waals surface area (Å²) in [5.41, 5.74) is 8.98. The molecule has 0 radical (unpaired) electrons. The summed E-state index contributed by atoms with van der Waals surface area (Å²) in [6, 6.07) is 8.13. The number of nitrogens with one attached hydrogen (secondary N) is 1. The Bertz CT molecular complexity index is 446. The molecule has 0 unspecified atom stereocenters. The Morgan fingerprint density at radius 2 is 2.27 bits per heavy atom. The summed E-state index contributed by atoms with van der Waals surface area (Å²) in [6.45, 7) is 2.67. The van der Waals surface area contributed by atoms with Gasteiger partial charge in [0.05, 0.1) is 0 Å². The normalized spacial score (nSPS) is 10.5. The van der Waals surface area contributed by atoms with Crippen LogP contribution in [0.15, 0.2) is 30.5 Å². The Balaban J connectivity index is 2.35. The third kappa shape index (κ3) is 2.07. The van der Waals surface area contributed by atoms with E-state index in [1.54, 1.807) is 0 Å². The van der Waals surface area contributed by atoms with Crippen LogP contribution in [0.3, 0.4) is 0 Å². The summed E-state index contributed by atoms with van der Waals surface area (Å²) in [7, 11) is 0. The molecule has 0 aliphatic carbocycles. The highest BCUT2D eigenvalue weighted by atomic mass is 14.9. The van der Waals surface area contributed by atoms with E-state index in [4.69, 9.17) is 5.73 Å². The predicted octanol–water partition coefficient (Wildman–Crippen LogP) is 2.10. The van der Waals surface area contributed by atoms with E-state index in [9.17, 15) is 0 Å². The number of hydrogen-bond donors (Lipinski definition) is 2. The molecule has 0 aliphatic heterocycles. The van der Waals surface area contributed by atoms with E-state index in [1.807, 2.05) is 24.4 Å². The van der Waals surface area contributed by atoms with Crippen molar-refractivity contribution >= 4 is 0 Å². The molecule has 0 amide bonds. The summed E-state index contributed by atoms with van der Waals surface area (Å²) < 4.78 is 0. The second kappa shape index (κ2) is 4.28. The summed E-state index contributed by atoms with van der Waals surface area (Å²) in [6.07, 6.45) is 2.86. The maximum Gasteiger partial charge on any atom is 0.137 e. The van der Waals surface area contributed by atoms with E-state index >= 15 is 0 Å². The van der Waals surface area contributed by atoms with Crippen LogP contribution in [0.2, 0.25) is 0 Å². The smallest absolute Gasteiger partial charge is 0.137 e. The largest absolute Gasteiger partial charge is 0.342 e. The molecule has 2 aromatic rings. The number of benzene rings is 1. The molecule has 0 bridgehead atoms. The third-order valence-corrected chi connectivity index (χ3v) is 2.45. The van der Waals surface area contributed by atoms with Crippen molar-refractivity contribution in [1.82, 2.24) is 9.97 Å². The van der Waals surface area contributed by atoms with Gasteiger partial charge in [-0.3, -0.25) is 0 Å². The van der Waals surface area contributed by atoms with Gasteiger partial charge in [0.25, 0.3) is 0 Å². The van der Waals surface area contributed by atoms with Crippen LogP contribution < -0.4 is 5.73 Å². The van der Waals surface area contributed by atoms with Crippen molar-refractivity contribution in [3.05, 3.63) is 41.7 Å². The summed E-state index contributed by atoms with van der Waals surface area (Å²) in [5, 5.41) is 0. The molecule has 1 heterocycles. The summed E-state index contributed by atoms with van der Waals surface area (Å²) >= 11 is 0. The minimum Gasteiger partial charge on any atom is -0.342 e. The lowest BCUT2D eigenvalue weighted by Crippen LogP contribution is -1.96. The van der Waals surface area contributed by atoms with Gasteiger partial charge in [-0.1, -0.05) is 25.1 Å². The average Bonchev–Trinajstić information content (AvgIpc) is 2.78. The first-order chi connectivity index (χ1) is 7.33. The van der Waals surface area contributed by atoms with Crippen molar-refractivity contribution < 1.29 is 0 Å². The van der Waals surface area contributed by atoms with Crippen molar-refractivity contribution in [3.63, 3.8) is 0 Å². The fraction of sp³-hybridized carbons (Fsp3) is 0.250. The van der Waals surface area contributed by atoms with Gasteiger partial charge < -0.3 is 10.7 Å². The van der Waals surface area contributed by atoms with Crippen LogP contribution in [-0.4, -0.2) is 9.97 Å². The van der Waals surface area contributed by atoms with Crippen LogP contribution in [0.4, 0.5) is 0 Å². The Morgan fingerprint density at radius 1 is 1.40 bits per heavy atom. The maximum absolute atomic E-state index is 5.60. The van der Waals surface area contributed by atoms with Crippen molar-refractivity contribution in [2.75, 3.05) is 0 Å². The highest BCUT2D eigenvalue weighted by Gasteiger charge is 2.02. The molecule has 0 atom stereocenters. The summed E-state index contributed by atoms with van der Waals surface area (Å²) in [4.78, 5) is 7.61. The molecule has 1 aromatic carbocycles. The molecule has 0 fully saturated rings. The number of rotatable bonds is 3. The molecule has 1 aromatic heterocycles. The van der Waals surface area contributed by atoms with E-state index in [1.165, 1.54) is 0 Å². The second-order valence-corrected chi connectivity index (χ2v) is 3.52. The van der Waals surface area contributed by atoms with Gasteiger partial charge in [-0.2, -0.15) is 0 Å². The van der Waals surface area contributed by atoms with Gasteiger partial charge in [0.15, 0.2) is 0 Å². The van der Waals surface area contributed by atoms with E-state index < -0.39 is 0 Å². The van der Waals surface area contributed by atoms with Gasteiger partial charge in [-0.25, -0.2) is 4.98 Å². The number of H-pyrrole nitrogens is 1. The van der Waals surface area contributed by atoms with Crippen LogP contribution in [0.5, 0.6) is 0 Å². The number of imidazole rings is 1. The summed E-state index contributed by atoms with van der Waals surface area (Å²) in [5.74, 6) is 0.919. The Hall–Kier alpha value is -1.61. The minimum absolute atomic E-state index is 0.565. The average molecular weight is 201 g/mol. The molecular weight excluding hydrogens is 186 g/mol. The number of nitrogens with two attached hydrogens (primary N) is 1. The maximum atomic E-state index is 5.60. The van der Waals surface area contributed by atoms with Crippen LogP contribution in [-0.2, 0) is 13.0 Å². The van der Waals surface area contributed by atoms with E-state index in [0.29, 0.717) is 6.54 Å². The fourth-order valence-corrected chi connectivity index (χ4v) is 1.53. The number of hydrogen-bond acceptors (Lipinski definition) is 2. The molecule has 0 saturated carbocycles. The van der Waals surface area contributed by atoms with Gasteiger partial charge >= 0.3 is 0 Å². The Kier molecular flexibility index (Phi) is 2.83. The fourth-order valence-electron chi connectivity index (χ4n) is 1.53. The standard InChI is InChI=1S/C12H15N3/c1-2-11-8-14-12(15-11)10-5-3-4-9(6-10)7-13/h3-6,8H,2,7,13H2,1H3,(H,14,15). The highest BCUT2D eigenvalue weighted by Crippen LogP contribution is 2.17. The number of aromatic amines is 1. The van der Waals surface area contributed by atoms with Gasteiger partial charge in [-0.05, 0) is 18.1 Å². The first-order valence-corrected chi connectivity index (χ1v) is 5.16. The number of aryl methyl sites for hydroxylation is 1. The number of aromatic nitrogens is 2. The highest BCUT2D eigenvalue weighted by molar-refractivity contribution is 5.56. The van der Waals surface area contributed by atoms with Gasteiger partial charge in [-0.15, -0.1) is 0 Å². The predicted molar refractivity (Wildman–Crippen MR) is 61.3 cm³/mol. The quantitative estimate of drug-likeness (QED) is 0.799. The molecule has 2 rings (SSSR count). The number of nitrogens with zero attached hydrogens (tertiary/aromatic N) is 1. The van der Waals surface area contributed by atoms with Crippen molar-refractivity contribution in [2.24, 2.45) is 5.73 Å². The third-order valence-electron chi connectivity index (χ3n) is 2.45. The molecule has 0 saturated heterocycles. The Labute approximate surface area is 89.4 Å². The van der Waals surface area contributed by atoms with Crippen LogP contribution in [0.25, 0.3) is 11.4 Å². The van der Waals surface area contributed by atoms with E-state index in [-0.39, 0.29) is 0 Å². The Morgan fingerprint density at radius 3 is 2.93 bits per heavy atom. The van der Waals surface area contributed by atoms with Gasteiger partial charge in [0, 0.05) is 24.0 Å². The molecule has 3 nitrogen and oxygen atoms in total. The zero-order valence-corrected chi connectivity index (χ0v) is 8.83. The SMILES string of the molecule is CCc1cnc(-c2cccc(CN)c2)[nH]1. The van der Waals surface area contributed by atoms with Crippen molar-refractivity contribution in [2.45, 2.75) is 19.9 Å². The molecule has 0 aliphatic rings.